The number of ether oxygens (including phenoxy) is 3. The predicted molar refractivity (Wildman–Crippen MR) is 128 cm³/mol. The van der Waals surface area contributed by atoms with E-state index in [-0.39, 0.29) is 11.4 Å². The normalized spacial score (nSPS) is 14.7. The van der Waals surface area contributed by atoms with Crippen molar-refractivity contribution in [3.8, 4) is 17.2 Å². The number of amides is 3. The molecular weight excluding hydrogens is 444 g/mol. The molecule has 0 radical (unpaired) electrons. The number of hydrogen-bond donors (Lipinski definition) is 1. The summed E-state index contributed by atoms with van der Waals surface area (Å²) >= 11 is 0.764. The Morgan fingerprint density at radius 2 is 1.61 bits per heavy atom. The number of nitrogens with zero attached hydrogens (tertiary/aromatic N) is 1. The lowest BCUT2D eigenvalue weighted by Crippen LogP contribution is -2.36. The predicted octanol–water partition coefficient (Wildman–Crippen LogP) is 4.51. The highest BCUT2D eigenvalue weighted by molar-refractivity contribution is 8.18. The molecule has 0 aliphatic carbocycles. The second-order valence-electron chi connectivity index (χ2n) is 7.54. The first kappa shape index (κ1) is 24.2. The van der Waals surface area contributed by atoms with Crippen LogP contribution < -0.4 is 19.5 Å². The Kier molecular flexibility index (Phi) is 7.65. The van der Waals surface area contributed by atoms with Crippen LogP contribution in [0.1, 0.15) is 30.9 Å². The number of nitrogens with one attached hydrogen (secondary N) is 1. The summed E-state index contributed by atoms with van der Waals surface area (Å²) in [5, 5.41) is 2.20. The smallest absolute Gasteiger partial charge is 0.294 e. The summed E-state index contributed by atoms with van der Waals surface area (Å²) in [6, 6.07) is 10.7. The molecule has 0 atom stereocenters. The number of imide groups is 1. The van der Waals surface area contributed by atoms with Crippen molar-refractivity contribution in [1.29, 1.82) is 0 Å². The molecule has 2 aromatic carbocycles. The molecule has 1 aliphatic rings. The molecule has 0 bridgehead atoms. The van der Waals surface area contributed by atoms with E-state index in [0.29, 0.717) is 34.4 Å². The van der Waals surface area contributed by atoms with Crippen molar-refractivity contribution in [2.75, 3.05) is 33.2 Å². The Morgan fingerprint density at radius 3 is 2.18 bits per heavy atom. The molecule has 1 aliphatic heterocycles. The first-order valence-corrected chi connectivity index (χ1v) is 11.0. The third kappa shape index (κ3) is 5.48. The summed E-state index contributed by atoms with van der Waals surface area (Å²) in [6.45, 7) is 3.79. The number of hydrogen-bond acceptors (Lipinski definition) is 7. The van der Waals surface area contributed by atoms with E-state index in [1.807, 2.05) is 12.1 Å². The van der Waals surface area contributed by atoms with Crippen molar-refractivity contribution < 1.29 is 28.6 Å². The lowest BCUT2D eigenvalue weighted by molar-refractivity contribution is -0.127. The molecule has 0 aromatic heterocycles. The number of carbonyl (C=O) groups excluding carboxylic acids is 3. The van der Waals surface area contributed by atoms with E-state index in [9.17, 15) is 14.4 Å². The van der Waals surface area contributed by atoms with Crippen molar-refractivity contribution in [1.82, 2.24) is 4.90 Å². The van der Waals surface area contributed by atoms with Gasteiger partial charge >= 0.3 is 0 Å². The first-order chi connectivity index (χ1) is 15.8. The van der Waals surface area contributed by atoms with Gasteiger partial charge in [0.25, 0.3) is 11.1 Å². The number of methoxy groups -OCH3 is 3. The lowest BCUT2D eigenvalue weighted by atomic mass is 10.0. The van der Waals surface area contributed by atoms with Gasteiger partial charge in [0.2, 0.25) is 5.91 Å². The molecular formula is C24H26N2O6S. The molecule has 1 N–H and O–H groups in total. The molecule has 174 valence electrons. The number of carbonyl (C=O) groups is 3. The van der Waals surface area contributed by atoms with Crippen LogP contribution >= 0.6 is 11.8 Å². The van der Waals surface area contributed by atoms with E-state index in [2.05, 4.69) is 19.2 Å². The largest absolute Gasteiger partial charge is 0.496 e. The molecule has 3 amide bonds. The van der Waals surface area contributed by atoms with Gasteiger partial charge in [0, 0.05) is 17.3 Å². The lowest BCUT2D eigenvalue weighted by Gasteiger charge is -2.13. The molecule has 3 rings (SSSR count). The van der Waals surface area contributed by atoms with E-state index < -0.39 is 17.1 Å². The maximum atomic E-state index is 12.8. The van der Waals surface area contributed by atoms with Crippen LogP contribution in [-0.4, -0.2) is 49.8 Å². The molecule has 0 unspecified atom stereocenters. The Bertz CT molecular complexity index is 1090. The Morgan fingerprint density at radius 1 is 1.00 bits per heavy atom. The minimum absolute atomic E-state index is 0.180. The highest BCUT2D eigenvalue weighted by Gasteiger charge is 2.36. The monoisotopic (exact) mass is 470 g/mol. The van der Waals surface area contributed by atoms with E-state index in [1.165, 1.54) is 27.4 Å². The molecule has 1 saturated heterocycles. The van der Waals surface area contributed by atoms with Crippen LogP contribution in [0.5, 0.6) is 17.2 Å². The van der Waals surface area contributed by atoms with Gasteiger partial charge in [0.15, 0.2) is 11.5 Å². The van der Waals surface area contributed by atoms with Gasteiger partial charge in [-0.1, -0.05) is 26.0 Å². The Balaban J connectivity index is 1.75. The van der Waals surface area contributed by atoms with Gasteiger partial charge in [-0.05, 0) is 47.5 Å². The molecule has 0 saturated carbocycles. The maximum Gasteiger partial charge on any atom is 0.294 e. The number of anilines is 1. The minimum atomic E-state index is -0.549. The van der Waals surface area contributed by atoms with Crippen LogP contribution in [0.4, 0.5) is 10.5 Å². The van der Waals surface area contributed by atoms with Crippen molar-refractivity contribution in [2.24, 2.45) is 0 Å². The zero-order valence-electron chi connectivity index (χ0n) is 19.1. The average molecular weight is 471 g/mol. The van der Waals surface area contributed by atoms with Crippen LogP contribution in [0.2, 0.25) is 0 Å². The number of benzene rings is 2. The fraction of sp³-hybridized carbons (Fsp3) is 0.292. The Hall–Kier alpha value is -3.46. The SMILES string of the molecule is COc1cc(OC)c(OC)cc1/C=C1/SC(=O)N(CC(=O)Nc2ccc(C(C)C)cc2)C1=O. The second kappa shape index (κ2) is 10.4. The summed E-state index contributed by atoms with van der Waals surface area (Å²) in [5.74, 6) is 0.735. The highest BCUT2D eigenvalue weighted by atomic mass is 32.2. The Labute approximate surface area is 196 Å². The van der Waals surface area contributed by atoms with Crippen LogP contribution in [0.25, 0.3) is 6.08 Å². The highest BCUT2D eigenvalue weighted by Crippen LogP contribution is 2.38. The third-order valence-corrected chi connectivity index (χ3v) is 5.97. The van der Waals surface area contributed by atoms with Crippen LogP contribution in [0.3, 0.4) is 0 Å². The summed E-state index contributed by atoms with van der Waals surface area (Å²) in [7, 11) is 4.49. The van der Waals surface area contributed by atoms with Gasteiger partial charge < -0.3 is 19.5 Å². The summed E-state index contributed by atoms with van der Waals surface area (Å²) in [5.41, 5.74) is 2.28. The molecule has 1 fully saturated rings. The van der Waals surface area contributed by atoms with Gasteiger partial charge in [-0.2, -0.15) is 0 Å². The summed E-state index contributed by atoms with van der Waals surface area (Å²) in [6.07, 6.45) is 1.54. The van der Waals surface area contributed by atoms with Gasteiger partial charge in [0.05, 0.1) is 26.2 Å². The molecule has 0 spiro atoms. The van der Waals surface area contributed by atoms with E-state index in [0.717, 1.165) is 22.2 Å². The summed E-state index contributed by atoms with van der Waals surface area (Å²) in [4.78, 5) is 38.8. The molecule has 8 nitrogen and oxygen atoms in total. The number of thioether (sulfide) groups is 1. The second-order valence-corrected chi connectivity index (χ2v) is 8.54. The molecule has 9 heteroatoms. The molecule has 33 heavy (non-hydrogen) atoms. The van der Waals surface area contributed by atoms with E-state index in [1.54, 1.807) is 24.3 Å². The number of rotatable bonds is 8. The molecule has 1 heterocycles. The quantitative estimate of drug-likeness (QED) is 0.567. The van der Waals surface area contributed by atoms with E-state index in [4.69, 9.17) is 14.2 Å². The zero-order valence-corrected chi connectivity index (χ0v) is 19.9. The van der Waals surface area contributed by atoms with Crippen molar-refractivity contribution in [3.63, 3.8) is 0 Å². The summed E-state index contributed by atoms with van der Waals surface area (Å²) < 4.78 is 15.9. The van der Waals surface area contributed by atoms with Gasteiger partial charge in [0.1, 0.15) is 12.3 Å². The zero-order chi connectivity index (χ0) is 24.1. The van der Waals surface area contributed by atoms with Crippen molar-refractivity contribution >= 4 is 40.6 Å². The molecule has 2 aromatic rings. The minimum Gasteiger partial charge on any atom is -0.496 e. The fourth-order valence-electron chi connectivity index (χ4n) is 3.24. The van der Waals surface area contributed by atoms with Crippen LogP contribution in [-0.2, 0) is 9.59 Å². The first-order valence-electron chi connectivity index (χ1n) is 10.2. The van der Waals surface area contributed by atoms with Crippen molar-refractivity contribution in [3.05, 3.63) is 52.4 Å². The fourth-order valence-corrected chi connectivity index (χ4v) is 4.07. The average Bonchev–Trinajstić information content (AvgIpc) is 3.06. The maximum absolute atomic E-state index is 12.8. The topological polar surface area (TPSA) is 94.2 Å². The van der Waals surface area contributed by atoms with Crippen molar-refractivity contribution in [2.45, 2.75) is 19.8 Å². The van der Waals surface area contributed by atoms with Crippen LogP contribution in [0.15, 0.2) is 41.3 Å². The van der Waals surface area contributed by atoms with Gasteiger partial charge in [-0.3, -0.25) is 19.3 Å². The van der Waals surface area contributed by atoms with Gasteiger partial charge in [-0.15, -0.1) is 0 Å². The van der Waals surface area contributed by atoms with E-state index >= 15 is 0 Å². The van der Waals surface area contributed by atoms with Gasteiger partial charge in [-0.25, -0.2) is 0 Å². The van der Waals surface area contributed by atoms with Crippen LogP contribution in [0, 0.1) is 0 Å². The third-order valence-electron chi connectivity index (χ3n) is 5.06. The standard InChI is InChI=1S/C24H26N2O6S/c1-14(2)15-6-8-17(9-7-15)25-22(27)13-26-23(28)21(33-24(26)29)11-16-10-19(31-4)20(32-5)12-18(16)30-3/h6-12,14H,13H2,1-5H3,(H,25,27)/b21-11+.